The topological polar surface area (TPSA) is 38.9 Å². The van der Waals surface area contributed by atoms with E-state index in [9.17, 15) is 13.2 Å². The maximum Gasteiger partial charge on any atom is 0.280 e. The van der Waals surface area contributed by atoms with Crippen LogP contribution in [0.25, 0.3) is 0 Å². The summed E-state index contributed by atoms with van der Waals surface area (Å²) in [4.78, 5) is 3.05. The van der Waals surface area contributed by atoms with E-state index in [4.69, 9.17) is 5.73 Å². The van der Waals surface area contributed by atoms with Gasteiger partial charge in [0.1, 0.15) is 5.69 Å². The van der Waals surface area contributed by atoms with Crippen LogP contribution in [-0.4, -0.2) is 4.98 Å². The van der Waals surface area contributed by atoms with E-state index in [2.05, 4.69) is 4.98 Å². The van der Waals surface area contributed by atoms with Gasteiger partial charge in [0, 0.05) is 6.54 Å². The number of hydrogen-bond acceptors (Lipinski definition) is 2. The van der Waals surface area contributed by atoms with Gasteiger partial charge in [0.25, 0.3) is 6.43 Å². The molecule has 0 aliphatic carbocycles. The van der Waals surface area contributed by atoms with Crippen LogP contribution in [0, 0.1) is 5.95 Å². The molecule has 0 aliphatic heterocycles. The molecule has 2 nitrogen and oxygen atoms in total. The highest BCUT2D eigenvalue weighted by Gasteiger charge is 2.14. The second-order valence-corrected chi connectivity index (χ2v) is 2.18. The monoisotopic (exact) mass is 176 g/mol. The Morgan fingerprint density at radius 2 is 2.08 bits per heavy atom. The Balaban J connectivity index is 3.12. The molecule has 1 rings (SSSR count). The van der Waals surface area contributed by atoms with E-state index in [-0.39, 0.29) is 12.1 Å². The lowest BCUT2D eigenvalue weighted by Gasteiger charge is -2.04. The lowest BCUT2D eigenvalue weighted by Crippen LogP contribution is -2.05. The van der Waals surface area contributed by atoms with Crippen LogP contribution in [0.4, 0.5) is 13.2 Å². The fourth-order valence-electron chi connectivity index (χ4n) is 0.840. The smallest absolute Gasteiger partial charge is 0.280 e. The molecule has 0 unspecified atom stereocenters. The maximum absolute atomic E-state index is 12.4. The van der Waals surface area contributed by atoms with Crippen molar-refractivity contribution < 1.29 is 13.2 Å². The highest BCUT2D eigenvalue weighted by molar-refractivity contribution is 5.20. The second kappa shape index (κ2) is 3.53. The van der Waals surface area contributed by atoms with Crippen molar-refractivity contribution >= 4 is 0 Å². The molecular weight excluding hydrogens is 169 g/mol. The number of nitrogens with zero attached hydrogens (tertiary/aromatic N) is 1. The lowest BCUT2D eigenvalue weighted by atomic mass is 10.2. The quantitative estimate of drug-likeness (QED) is 0.695. The van der Waals surface area contributed by atoms with E-state index >= 15 is 0 Å². The largest absolute Gasteiger partial charge is 0.326 e. The summed E-state index contributed by atoms with van der Waals surface area (Å²) in [6.07, 6.45) is -2.78. The molecule has 0 saturated heterocycles. The summed E-state index contributed by atoms with van der Waals surface area (Å²) in [6.45, 7) is -0.0625. The predicted molar refractivity (Wildman–Crippen MR) is 37.0 cm³/mol. The highest BCUT2D eigenvalue weighted by atomic mass is 19.3. The zero-order chi connectivity index (χ0) is 9.14. The first-order chi connectivity index (χ1) is 5.65. The second-order valence-electron chi connectivity index (χ2n) is 2.18. The van der Waals surface area contributed by atoms with Gasteiger partial charge in [-0.1, -0.05) is 6.07 Å². The van der Waals surface area contributed by atoms with Gasteiger partial charge >= 0.3 is 0 Å². The van der Waals surface area contributed by atoms with Crippen molar-refractivity contribution in [2.24, 2.45) is 5.73 Å². The standard InChI is InChI=1S/C7H7F3N2/c8-5-2-1-4(3-11)6(12-5)7(9)10/h1-2,7H,3,11H2. The van der Waals surface area contributed by atoms with Crippen molar-refractivity contribution in [2.45, 2.75) is 13.0 Å². The van der Waals surface area contributed by atoms with Crippen molar-refractivity contribution in [1.29, 1.82) is 0 Å². The van der Waals surface area contributed by atoms with Crippen molar-refractivity contribution in [3.63, 3.8) is 0 Å². The maximum atomic E-state index is 12.4. The van der Waals surface area contributed by atoms with Crippen molar-refractivity contribution in [3.05, 3.63) is 29.3 Å². The van der Waals surface area contributed by atoms with E-state index < -0.39 is 18.1 Å². The zero-order valence-corrected chi connectivity index (χ0v) is 6.10. The van der Waals surface area contributed by atoms with E-state index in [1.54, 1.807) is 0 Å². The van der Waals surface area contributed by atoms with Gasteiger partial charge < -0.3 is 5.73 Å². The minimum atomic E-state index is -2.78. The summed E-state index contributed by atoms with van der Waals surface area (Å²) in [7, 11) is 0. The molecule has 12 heavy (non-hydrogen) atoms. The molecule has 0 atom stereocenters. The Morgan fingerprint density at radius 1 is 1.42 bits per heavy atom. The number of rotatable bonds is 2. The Kier molecular flexibility index (Phi) is 2.65. The molecule has 0 bridgehead atoms. The molecule has 2 N–H and O–H groups in total. The van der Waals surface area contributed by atoms with Crippen LogP contribution in [0.3, 0.4) is 0 Å². The molecule has 5 heteroatoms. The van der Waals surface area contributed by atoms with E-state index in [1.807, 2.05) is 0 Å². The van der Waals surface area contributed by atoms with Gasteiger partial charge in [-0.15, -0.1) is 0 Å². The van der Waals surface area contributed by atoms with Crippen LogP contribution in [0.15, 0.2) is 12.1 Å². The first-order valence-electron chi connectivity index (χ1n) is 3.28. The van der Waals surface area contributed by atoms with Crippen LogP contribution in [0.5, 0.6) is 0 Å². The van der Waals surface area contributed by atoms with Crippen LogP contribution in [0.2, 0.25) is 0 Å². The third-order valence-electron chi connectivity index (χ3n) is 1.40. The normalized spacial score (nSPS) is 10.8. The van der Waals surface area contributed by atoms with Gasteiger partial charge in [-0.25, -0.2) is 13.8 Å². The fraction of sp³-hybridized carbons (Fsp3) is 0.286. The predicted octanol–water partition coefficient (Wildman–Crippen LogP) is 1.62. The van der Waals surface area contributed by atoms with E-state index in [1.165, 1.54) is 6.07 Å². The summed E-state index contributed by atoms with van der Waals surface area (Å²) in [5.41, 5.74) is 4.74. The van der Waals surface area contributed by atoms with Gasteiger partial charge in [0.2, 0.25) is 5.95 Å². The van der Waals surface area contributed by atoms with Crippen LogP contribution >= 0.6 is 0 Å². The Labute approximate surface area is 67.2 Å². The summed E-state index contributed by atoms with van der Waals surface area (Å²) < 4.78 is 36.6. The minimum absolute atomic E-state index is 0.0625. The van der Waals surface area contributed by atoms with Gasteiger partial charge in [0.15, 0.2) is 0 Å². The van der Waals surface area contributed by atoms with Gasteiger partial charge in [-0.3, -0.25) is 0 Å². The molecule has 1 aromatic rings. The summed E-state index contributed by atoms with van der Waals surface area (Å²) >= 11 is 0. The van der Waals surface area contributed by atoms with Crippen LogP contribution < -0.4 is 5.73 Å². The Bertz CT molecular complexity index is 275. The number of alkyl halides is 2. The molecule has 66 valence electrons. The average Bonchev–Trinajstić information content (AvgIpc) is 2.04. The summed E-state index contributed by atoms with van der Waals surface area (Å²) in [5, 5.41) is 0. The molecule has 0 saturated carbocycles. The molecule has 0 amide bonds. The molecule has 0 fully saturated rings. The van der Waals surface area contributed by atoms with E-state index in [0.717, 1.165) is 6.07 Å². The zero-order valence-electron chi connectivity index (χ0n) is 6.10. The third kappa shape index (κ3) is 1.73. The van der Waals surface area contributed by atoms with Crippen LogP contribution in [-0.2, 0) is 6.54 Å². The molecule has 1 heterocycles. The van der Waals surface area contributed by atoms with Gasteiger partial charge in [-0.05, 0) is 11.6 Å². The van der Waals surface area contributed by atoms with Gasteiger partial charge in [-0.2, -0.15) is 4.39 Å². The minimum Gasteiger partial charge on any atom is -0.326 e. The lowest BCUT2D eigenvalue weighted by molar-refractivity contribution is 0.143. The third-order valence-corrected chi connectivity index (χ3v) is 1.40. The molecular formula is C7H7F3N2. The molecule has 0 spiro atoms. The molecule has 0 aromatic carbocycles. The molecule has 0 aliphatic rings. The number of nitrogens with two attached hydrogens (primary N) is 1. The van der Waals surface area contributed by atoms with Crippen molar-refractivity contribution in [1.82, 2.24) is 4.98 Å². The van der Waals surface area contributed by atoms with Crippen LogP contribution in [0.1, 0.15) is 17.7 Å². The number of pyridine rings is 1. The first-order valence-corrected chi connectivity index (χ1v) is 3.28. The highest BCUT2D eigenvalue weighted by Crippen LogP contribution is 2.20. The van der Waals surface area contributed by atoms with Crippen molar-refractivity contribution in [3.8, 4) is 0 Å². The fourth-order valence-corrected chi connectivity index (χ4v) is 0.840. The molecule has 1 aromatic heterocycles. The number of aromatic nitrogens is 1. The Morgan fingerprint density at radius 3 is 2.58 bits per heavy atom. The summed E-state index contributed by atoms with van der Waals surface area (Å²) in [5.74, 6) is -0.914. The van der Waals surface area contributed by atoms with E-state index in [0.29, 0.717) is 0 Å². The average molecular weight is 176 g/mol. The number of halogens is 3. The van der Waals surface area contributed by atoms with Gasteiger partial charge in [0.05, 0.1) is 0 Å². The number of hydrogen-bond donors (Lipinski definition) is 1. The first kappa shape index (κ1) is 8.99. The Hall–Kier alpha value is -1.10. The SMILES string of the molecule is NCc1ccc(F)nc1C(F)F. The molecule has 0 radical (unpaired) electrons. The summed E-state index contributed by atoms with van der Waals surface area (Å²) in [6, 6.07) is 2.22. The van der Waals surface area contributed by atoms with Crippen molar-refractivity contribution in [2.75, 3.05) is 0 Å².